The minimum Gasteiger partial charge on any atom is -0.414 e. The molecule has 6 nitrogen and oxygen atoms in total. The Morgan fingerprint density at radius 2 is 1.50 bits per heavy atom. The minimum atomic E-state index is -3.78. The lowest BCUT2D eigenvalue weighted by Gasteiger charge is -2.16. The van der Waals surface area contributed by atoms with Crippen LogP contribution in [0.3, 0.4) is 0 Å². The van der Waals surface area contributed by atoms with Crippen molar-refractivity contribution >= 4 is 21.8 Å². The van der Waals surface area contributed by atoms with Crippen LogP contribution in [0.5, 0.6) is 0 Å². The van der Waals surface area contributed by atoms with E-state index in [9.17, 15) is 8.42 Å². The van der Waals surface area contributed by atoms with Gasteiger partial charge in [-0.25, -0.2) is 8.42 Å². The predicted molar refractivity (Wildman–Crippen MR) is 125 cm³/mol. The van der Waals surface area contributed by atoms with Crippen LogP contribution in [0.4, 0.5) is 0 Å². The molecule has 164 valence electrons. The molecule has 0 spiro atoms. The second kappa shape index (κ2) is 10.1. The molecule has 8 heteroatoms. The number of hydrogen-bond donors (Lipinski definition) is 1. The number of nitrogens with one attached hydrogen (secondary N) is 1. The van der Waals surface area contributed by atoms with Gasteiger partial charge in [0.2, 0.25) is 15.9 Å². The third-order valence-corrected chi connectivity index (χ3v) is 7.21. The average molecular weight is 466 g/mol. The highest BCUT2D eigenvalue weighted by Crippen LogP contribution is 2.26. The molecule has 1 N–H and O–H groups in total. The van der Waals surface area contributed by atoms with Crippen LogP contribution < -0.4 is 4.72 Å². The maximum atomic E-state index is 13.0. The molecule has 0 aliphatic rings. The van der Waals surface area contributed by atoms with Crippen LogP contribution in [0, 0.1) is 6.92 Å². The van der Waals surface area contributed by atoms with Crippen LogP contribution in [-0.4, -0.2) is 18.6 Å². The van der Waals surface area contributed by atoms with E-state index in [1.165, 1.54) is 11.8 Å². The standard InChI is InChI=1S/C24H23N3O3S2/c1-18-12-14-21(15-13-18)32(28,29)27-22(16-19-8-4-2-5-9-19)23-25-26-24(30-23)31-17-20-10-6-3-7-11-20/h2-15,22,27H,16-17H2,1H3. The van der Waals surface area contributed by atoms with E-state index < -0.39 is 16.1 Å². The molecule has 0 radical (unpaired) electrons. The number of aryl methyl sites for hydroxylation is 1. The number of thioether (sulfide) groups is 1. The Morgan fingerprint density at radius 3 is 2.16 bits per heavy atom. The van der Waals surface area contributed by atoms with Gasteiger partial charge in [0.1, 0.15) is 6.04 Å². The van der Waals surface area contributed by atoms with Crippen molar-refractivity contribution < 1.29 is 12.8 Å². The van der Waals surface area contributed by atoms with Gasteiger partial charge < -0.3 is 4.42 Å². The Kier molecular flexibility index (Phi) is 7.04. The Labute approximate surface area is 192 Å². The first-order valence-corrected chi connectivity index (χ1v) is 12.6. The van der Waals surface area contributed by atoms with Crippen molar-refractivity contribution in [3.05, 3.63) is 108 Å². The number of sulfonamides is 1. The van der Waals surface area contributed by atoms with Crippen molar-refractivity contribution in [2.45, 2.75) is 35.3 Å². The second-order valence-electron chi connectivity index (χ2n) is 7.36. The first-order chi connectivity index (χ1) is 15.5. The highest BCUT2D eigenvalue weighted by molar-refractivity contribution is 7.98. The van der Waals surface area contributed by atoms with Gasteiger partial charge >= 0.3 is 0 Å². The maximum absolute atomic E-state index is 13.0. The van der Waals surface area contributed by atoms with Crippen LogP contribution in [0.25, 0.3) is 0 Å². The Bertz CT molecular complexity index is 1240. The van der Waals surface area contributed by atoms with Gasteiger partial charge in [-0.3, -0.25) is 0 Å². The molecule has 0 bridgehead atoms. The van der Waals surface area contributed by atoms with Crippen molar-refractivity contribution in [2.24, 2.45) is 0 Å². The summed E-state index contributed by atoms with van der Waals surface area (Å²) in [6.45, 7) is 1.91. The molecule has 3 aromatic carbocycles. The molecule has 1 atom stereocenters. The normalized spacial score (nSPS) is 12.5. The summed E-state index contributed by atoms with van der Waals surface area (Å²) in [6.07, 6.45) is 0.386. The van der Waals surface area contributed by atoms with Crippen molar-refractivity contribution in [3.63, 3.8) is 0 Å². The van der Waals surface area contributed by atoms with Gasteiger partial charge in [0.15, 0.2) is 0 Å². The fraction of sp³-hybridized carbons (Fsp3) is 0.167. The molecule has 4 rings (SSSR count). The lowest BCUT2D eigenvalue weighted by atomic mass is 10.1. The lowest BCUT2D eigenvalue weighted by molar-refractivity contribution is 0.373. The molecular formula is C24H23N3O3S2. The van der Waals surface area contributed by atoms with E-state index in [4.69, 9.17) is 4.42 Å². The quantitative estimate of drug-likeness (QED) is 0.353. The maximum Gasteiger partial charge on any atom is 0.276 e. The van der Waals surface area contributed by atoms with E-state index in [1.54, 1.807) is 24.3 Å². The Balaban J connectivity index is 1.55. The molecule has 0 saturated carbocycles. The summed E-state index contributed by atoms with van der Waals surface area (Å²) < 4.78 is 34.7. The zero-order valence-corrected chi connectivity index (χ0v) is 19.1. The van der Waals surface area contributed by atoms with Crippen LogP contribution in [-0.2, 0) is 22.2 Å². The van der Waals surface area contributed by atoms with E-state index in [-0.39, 0.29) is 10.8 Å². The number of aromatic nitrogens is 2. The molecule has 4 aromatic rings. The predicted octanol–water partition coefficient (Wildman–Crippen LogP) is 4.93. The highest BCUT2D eigenvalue weighted by atomic mass is 32.2. The van der Waals surface area contributed by atoms with Crippen LogP contribution >= 0.6 is 11.8 Å². The molecule has 0 aliphatic carbocycles. The largest absolute Gasteiger partial charge is 0.414 e. The lowest BCUT2D eigenvalue weighted by Crippen LogP contribution is -2.30. The molecular weight excluding hydrogens is 442 g/mol. The number of nitrogens with zero attached hydrogens (tertiary/aromatic N) is 2. The SMILES string of the molecule is Cc1ccc(S(=O)(=O)NC(Cc2ccccc2)c2nnc(SCc3ccccc3)o2)cc1. The molecule has 1 aromatic heterocycles. The second-order valence-corrected chi connectivity index (χ2v) is 10.00. The van der Waals surface area contributed by atoms with E-state index in [2.05, 4.69) is 14.9 Å². The fourth-order valence-electron chi connectivity index (χ4n) is 3.14. The van der Waals surface area contributed by atoms with E-state index >= 15 is 0 Å². The van der Waals surface area contributed by atoms with Gasteiger partial charge in [0.25, 0.3) is 5.22 Å². The summed E-state index contributed by atoms with van der Waals surface area (Å²) in [4.78, 5) is 0.194. The third kappa shape index (κ3) is 5.85. The first-order valence-electron chi connectivity index (χ1n) is 10.1. The number of rotatable bonds is 9. The molecule has 32 heavy (non-hydrogen) atoms. The molecule has 0 fully saturated rings. The van der Waals surface area contributed by atoms with Crippen molar-refractivity contribution in [1.29, 1.82) is 0 Å². The zero-order valence-electron chi connectivity index (χ0n) is 17.5. The Hall–Kier alpha value is -2.94. The van der Waals surface area contributed by atoms with Crippen LogP contribution in [0.15, 0.2) is 99.5 Å². The topological polar surface area (TPSA) is 85.1 Å². The summed E-state index contributed by atoms with van der Waals surface area (Å²) in [5.74, 6) is 0.918. The van der Waals surface area contributed by atoms with Gasteiger partial charge in [0.05, 0.1) is 4.90 Å². The summed E-state index contributed by atoms with van der Waals surface area (Å²) >= 11 is 1.42. The number of hydrogen-bond acceptors (Lipinski definition) is 6. The van der Waals surface area contributed by atoms with Gasteiger partial charge in [0, 0.05) is 5.75 Å². The van der Waals surface area contributed by atoms with Crippen LogP contribution in [0.1, 0.15) is 28.6 Å². The highest BCUT2D eigenvalue weighted by Gasteiger charge is 2.26. The minimum absolute atomic E-state index is 0.194. The summed E-state index contributed by atoms with van der Waals surface area (Å²) in [5.41, 5.74) is 3.08. The van der Waals surface area contributed by atoms with Crippen molar-refractivity contribution in [2.75, 3.05) is 0 Å². The molecule has 1 unspecified atom stereocenters. The van der Waals surface area contributed by atoms with Crippen molar-refractivity contribution in [1.82, 2.24) is 14.9 Å². The third-order valence-electron chi connectivity index (χ3n) is 4.84. The van der Waals surface area contributed by atoms with Gasteiger partial charge in [-0.2, -0.15) is 4.72 Å². The molecule has 0 saturated heterocycles. The summed E-state index contributed by atoms with van der Waals surface area (Å²) in [5, 5.41) is 8.67. The molecule has 0 amide bonds. The van der Waals surface area contributed by atoms with Crippen molar-refractivity contribution in [3.8, 4) is 0 Å². The van der Waals surface area contributed by atoms with Gasteiger partial charge in [-0.05, 0) is 36.6 Å². The fourth-order valence-corrected chi connectivity index (χ4v) is 5.06. The summed E-state index contributed by atoms with van der Waals surface area (Å²) in [6, 6.07) is 25.6. The smallest absolute Gasteiger partial charge is 0.276 e. The summed E-state index contributed by atoms with van der Waals surface area (Å²) in [7, 11) is -3.78. The zero-order chi connectivity index (χ0) is 22.4. The van der Waals surface area contributed by atoms with E-state index in [1.807, 2.05) is 67.6 Å². The van der Waals surface area contributed by atoms with E-state index in [0.29, 0.717) is 17.4 Å². The molecule has 1 heterocycles. The first kappa shape index (κ1) is 22.3. The molecule has 0 aliphatic heterocycles. The Morgan fingerprint density at radius 1 is 0.875 bits per heavy atom. The van der Waals surface area contributed by atoms with E-state index in [0.717, 1.165) is 16.7 Å². The average Bonchev–Trinajstić information content (AvgIpc) is 3.28. The monoisotopic (exact) mass is 465 g/mol. The van der Waals surface area contributed by atoms with Gasteiger partial charge in [-0.15, -0.1) is 10.2 Å². The number of benzene rings is 3. The van der Waals surface area contributed by atoms with Gasteiger partial charge in [-0.1, -0.05) is 90.1 Å². The van der Waals surface area contributed by atoms with Crippen LogP contribution in [0.2, 0.25) is 0 Å².